The molecule has 2 aromatic rings. The molecule has 1 aliphatic carbocycles. The minimum Gasteiger partial charge on any atom is -0.289 e. The van der Waals surface area contributed by atoms with Gasteiger partial charge in [0, 0.05) is 25.8 Å². The van der Waals surface area contributed by atoms with Crippen LogP contribution in [0.15, 0.2) is 48.5 Å². The van der Waals surface area contributed by atoms with Gasteiger partial charge in [0.1, 0.15) is 0 Å². The zero-order valence-corrected chi connectivity index (χ0v) is 18.6. The molecule has 1 saturated heterocycles. The quantitative estimate of drug-likeness (QED) is 0.322. The van der Waals surface area contributed by atoms with E-state index in [2.05, 4.69) is 31.9 Å². The zero-order chi connectivity index (χ0) is 20.0. The predicted molar refractivity (Wildman–Crippen MR) is 115 cm³/mol. The number of imide groups is 1. The zero-order valence-electron chi connectivity index (χ0n) is 14.6. The van der Waals surface area contributed by atoms with Gasteiger partial charge in [-0.15, -0.1) is 0 Å². The van der Waals surface area contributed by atoms with Crippen LogP contribution < -0.4 is 4.90 Å². The Bertz CT molecular complexity index is 937. The Morgan fingerprint density at radius 3 is 2.07 bits per heavy atom. The van der Waals surface area contributed by atoms with Crippen molar-refractivity contribution in [1.82, 2.24) is 0 Å². The normalized spacial score (nSPS) is 27.0. The molecule has 2 fully saturated rings. The van der Waals surface area contributed by atoms with E-state index in [0.29, 0.717) is 29.1 Å². The minimum absolute atomic E-state index is 0.126. The van der Waals surface area contributed by atoms with E-state index in [0.717, 1.165) is 0 Å². The maximum absolute atomic E-state index is 13.1. The third-order valence-electron chi connectivity index (χ3n) is 5.39. The summed E-state index contributed by atoms with van der Waals surface area (Å²) < 4.78 is 0. The van der Waals surface area contributed by atoms with Crippen LogP contribution in [-0.2, 0) is 9.59 Å². The van der Waals surface area contributed by atoms with Crippen LogP contribution in [0, 0.1) is 11.8 Å². The summed E-state index contributed by atoms with van der Waals surface area (Å²) in [6.07, 6.45) is 1.16. The fourth-order valence-electron chi connectivity index (χ4n) is 3.96. The van der Waals surface area contributed by atoms with Crippen molar-refractivity contribution in [3.8, 4) is 0 Å². The maximum Gasteiger partial charge on any atom is 0.237 e. The molecule has 4 unspecified atom stereocenters. The van der Waals surface area contributed by atoms with E-state index in [1.165, 1.54) is 11.0 Å². The molecule has 2 aliphatic rings. The Balaban J connectivity index is 1.77. The molecule has 2 amide bonds. The number of amides is 2. The lowest BCUT2D eigenvalue weighted by Crippen LogP contribution is -2.34. The molecule has 0 bridgehead atoms. The van der Waals surface area contributed by atoms with Gasteiger partial charge in [0.2, 0.25) is 11.8 Å². The average Bonchev–Trinajstić information content (AvgIpc) is 2.92. The van der Waals surface area contributed by atoms with Crippen LogP contribution in [0.3, 0.4) is 0 Å². The number of fused-ring (bicyclic) bond motifs is 1. The first-order chi connectivity index (χ1) is 13.4. The highest BCUT2D eigenvalue weighted by molar-refractivity contribution is 9.12. The highest BCUT2D eigenvalue weighted by Crippen LogP contribution is 2.45. The lowest BCUT2D eigenvalue weighted by Gasteiger charge is -2.29. The molecule has 1 aliphatic heterocycles. The second-order valence-corrected chi connectivity index (χ2v) is 9.87. The van der Waals surface area contributed by atoms with Gasteiger partial charge in [0.25, 0.3) is 0 Å². The Morgan fingerprint density at radius 1 is 0.929 bits per heavy atom. The molecule has 144 valence electrons. The van der Waals surface area contributed by atoms with Gasteiger partial charge < -0.3 is 0 Å². The summed E-state index contributed by atoms with van der Waals surface area (Å²) in [5.74, 6) is -1.51. The van der Waals surface area contributed by atoms with Crippen LogP contribution in [-0.4, -0.2) is 27.3 Å². The number of nitrogens with zero attached hydrogens (tertiary/aromatic N) is 1. The van der Waals surface area contributed by atoms with E-state index >= 15 is 0 Å². The average molecular weight is 526 g/mol. The van der Waals surface area contributed by atoms with Crippen LogP contribution in [0.25, 0.3) is 0 Å². The molecule has 7 heteroatoms. The van der Waals surface area contributed by atoms with Crippen LogP contribution in [0.4, 0.5) is 5.69 Å². The molecule has 0 radical (unpaired) electrons. The van der Waals surface area contributed by atoms with Gasteiger partial charge in [0.05, 0.1) is 17.5 Å². The van der Waals surface area contributed by atoms with E-state index in [9.17, 15) is 14.4 Å². The molecule has 0 spiro atoms. The van der Waals surface area contributed by atoms with E-state index in [-0.39, 0.29) is 44.7 Å². The predicted octanol–water partition coefficient (Wildman–Crippen LogP) is 5.00. The molecule has 2 aromatic carbocycles. The first kappa shape index (κ1) is 19.8. The summed E-state index contributed by atoms with van der Waals surface area (Å²) in [4.78, 5) is 40.8. The summed E-state index contributed by atoms with van der Waals surface area (Å²) in [5.41, 5.74) is 1.04. The fourth-order valence-corrected chi connectivity index (χ4v) is 5.37. The van der Waals surface area contributed by atoms with Gasteiger partial charge in [-0.1, -0.05) is 73.8 Å². The van der Waals surface area contributed by atoms with Crippen molar-refractivity contribution in [3.05, 3.63) is 64.7 Å². The molecule has 1 heterocycles. The summed E-state index contributed by atoms with van der Waals surface area (Å²) in [5, 5.41) is 0.376. The van der Waals surface area contributed by atoms with Crippen LogP contribution >= 0.6 is 43.5 Å². The van der Waals surface area contributed by atoms with Crippen LogP contribution in [0.5, 0.6) is 0 Å². The van der Waals surface area contributed by atoms with Gasteiger partial charge in [-0.05, 0) is 31.0 Å². The number of alkyl halides is 2. The van der Waals surface area contributed by atoms with Crippen molar-refractivity contribution < 1.29 is 14.4 Å². The highest BCUT2D eigenvalue weighted by atomic mass is 79.9. The Labute approximate surface area is 184 Å². The van der Waals surface area contributed by atoms with Crippen molar-refractivity contribution in [3.63, 3.8) is 0 Å². The number of hydrogen-bond donors (Lipinski definition) is 0. The molecule has 4 atom stereocenters. The number of anilines is 1. The lowest BCUT2D eigenvalue weighted by molar-refractivity contribution is -0.122. The second kappa shape index (κ2) is 7.73. The van der Waals surface area contributed by atoms with Crippen molar-refractivity contribution in [2.75, 3.05) is 4.90 Å². The number of hydrogen-bond acceptors (Lipinski definition) is 3. The molecule has 4 rings (SSSR count). The monoisotopic (exact) mass is 523 g/mol. The first-order valence-electron chi connectivity index (χ1n) is 8.93. The van der Waals surface area contributed by atoms with E-state index in [4.69, 9.17) is 11.6 Å². The van der Waals surface area contributed by atoms with E-state index < -0.39 is 0 Å². The smallest absolute Gasteiger partial charge is 0.237 e. The van der Waals surface area contributed by atoms with E-state index in [1.807, 2.05) is 6.07 Å². The largest absolute Gasteiger partial charge is 0.289 e. The minimum atomic E-state index is -0.374. The third-order valence-corrected chi connectivity index (χ3v) is 8.36. The Kier molecular flexibility index (Phi) is 5.47. The number of carbonyl (C=O) groups excluding carboxylic acids is 3. The third kappa shape index (κ3) is 3.36. The van der Waals surface area contributed by atoms with Crippen molar-refractivity contribution in [2.45, 2.75) is 22.5 Å². The number of benzene rings is 2. The summed E-state index contributed by atoms with van der Waals surface area (Å²) >= 11 is 13.3. The highest BCUT2D eigenvalue weighted by Gasteiger charge is 2.52. The van der Waals surface area contributed by atoms with Crippen LogP contribution in [0.2, 0.25) is 5.02 Å². The van der Waals surface area contributed by atoms with Gasteiger partial charge in [0.15, 0.2) is 5.78 Å². The number of ketones is 1. The fraction of sp³-hybridized carbons (Fsp3) is 0.286. The SMILES string of the molecule is O=C(c1ccccc1)c1cc(Cl)ccc1N1C(=O)C2CC(Br)C(Br)CC2C1=O. The van der Waals surface area contributed by atoms with Crippen molar-refractivity contribution >= 4 is 66.7 Å². The molecule has 0 aromatic heterocycles. The number of carbonyl (C=O) groups is 3. The Morgan fingerprint density at radius 2 is 1.50 bits per heavy atom. The topological polar surface area (TPSA) is 54.5 Å². The van der Waals surface area contributed by atoms with Gasteiger partial charge >= 0.3 is 0 Å². The maximum atomic E-state index is 13.1. The summed E-state index contributed by atoms with van der Waals surface area (Å²) in [6, 6.07) is 13.5. The molecule has 0 N–H and O–H groups in total. The second-order valence-electron chi connectivity index (χ2n) is 7.08. The standard InChI is InChI=1S/C21H16Br2ClNO3/c22-16-9-13-14(10-17(16)23)21(28)25(20(13)27)18-7-6-12(24)8-15(18)19(26)11-4-2-1-3-5-11/h1-8,13-14,16-17H,9-10H2. The van der Waals surface area contributed by atoms with Crippen molar-refractivity contribution in [2.24, 2.45) is 11.8 Å². The molecular weight excluding hydrogens is 509 g/mol. The van der Waals surface area contributed by atoms with Gasteiger partial charge in [-0.2, -0.15) is 0 Å². The lowest BCUT2D eigenvalue weighted by atomic mass is 9.81. The van der Waals surface area contributed by atoms with Crippen molar-refractivity contribution in [1.29, 1.82) is 0 Å². The first-order valence-corrected chi connectivity index (χ1v) is 11.1. The van der Waals surface area contributed by atoms with Crippen LogP contribution in [0.1, 0.15) is 28.8 Å². The van der Waals surface area contributed by atoms with Gasteiger partial charge in [-0.3, -0.25) is 14.4 Å². The summed E-state index contributed by atoms with van der Waals surface area (Å²) in [7, 11) is 0. The molecule has 1 saturated carbocycles. The molecule has 4 nitrogen and oxygen atoms in total. The van der Waals surface area contributed by atoms with E-state index in [1.54, 1.807) is 36.4 Å². The van der Waals surface area contributed by atoms with Gasteiger partial charge in [-0.25, -0.2) is 4.90 Å². The molecule has 28 heavy (non-hydrogen) atoms. The number of rotatable bonds is 3. The Hall–Kier alpha value is -1.50. The number of halogens is 3. The molecular formula is C21H16Br2ClNO3. The summed E-state index contributed by atoms with van der Waals surface area (Å²) in [6.45, 7) is 0.